The fourth-order valence-electron chi connectivity index (χ4n) is 2.91. The molecule has 2 rings (SSSR count). The Balaban J connectivity index is 1.81. The molecule has 0 bridgehead atoms. The minimum atomic E-state index is 0.564. The first-order valence-electron chi connectivity index (χ1n) is 9.18. The molecule has 142 valence electrons. The highest BCUT2D eigenvalue weighted by molar-refractivity contribution is 7.99. The van der Waals surface area contributed by atoms with E-state index in [0.29, 0.717) is 23.5 Å². The van der Waals surface area contributed by atoms with Crippen LogP contribution in [0.15, 0.2) is 52.3 Å². The van der Waals surface area contributed by atoms with Crippen LogP contribution in [0.1, 0.15) is 34.1 Å². The van der Waals surface area contributed by atoms with Gasteiger partial charge in [0.1, 0.15) is 5.75 Å². The van der Waals surface area contributed by atoms with Crippen LogP contribution in [0, 0.1) is 0 Å². The molecule has 0 heterocycles. The Morgan fingerprint density at radius 1 is 0.885 bits per heavy atom. The Morgan fingerprint density at radius 2 is 1.50 bits per heavy atom. The predicted molar refractivity (Wildman–Crippen MR) is 113 cm³/mol. The molecule has 0 aliphatic carbocycles. The number of ether oxygens (including phenoxy) is 1. The monoisotopic (exact) mass is 373 g/mol. The van der Waals surface area contributed by atoms with E-state index in [9.17, 15) is 0 Å². The third kappa shape index (κ3) is 6.15. The van der Waals surface area contributed by atoms with Crippen molar-refractivity contribution in [1.82, 2.24) is 4.90 Å². The Bertz CT molecular complexity index is 678. The number of nitrogen functional groups attached to an aromatic ring is 2. The largest absolute Gasteiger partial charge is 0.494 e. The second-order valence-electron chi connectivity index (χ2n) is 6.99. The number of nitrogens with zero attached hydrogens (tertiary/aromatic N) is 1. The summed E-state index contributed by atoms with van der Waals surface area (Å²) in [6.45, 7) is 10.8. The van der Waals surface area contributed by atoms with E-state index < -0.39 is 0 Å². The summed E-state index contributed by atoms with van der Waals surface area (Å²) < 4.78 is 5.88. The zero-order chi connectivity index (χ0) is 19.1. The molecule has 0 aliphatic rings. The van der Waals surface area contributed by atoms with E-state index >= 15 is 0 Å². The molecule has 5 heteroatoms. The lowest BCUT2D eigenvalue weighted by Gasteiger charge is -2.30. The smallest absolute Gasteiger partial charge is 0.119 e. The van der Waals surface area contributed by atoms with Crippen LogP contribution < -0.4 is 16.2 Å². The van der Waals surface area contributed by atoms with Crippen molar-refractivity contribution in [1.29, 1.82) is 0 Å². The van der Waals surface area contributed by atoms with Crippen LogP contribution in [0.5, 0.6) is 5.75 Å². The minimum absolute atomic E-state index is 0.564. The molecule has 0 saturated heterocycles. The van der Waals surface area contributed by atoms with Gasteiger partial charge in [-0.2, -0.15) is 0 Å². The van der Waals surface area contributed by atoms with Gasteiger partial charge in [0.15, 0.2) is 0 Å². The van der Waals surface area contributed by atoms with Gasteiger partial charge in [-0.1, -0.05) is 11.8 Å². The van der Waals surface area contributed by atoms with E-state index in [1.165, 1.54) is 0 Å². The van der Waals surface area contributed by atoms with Crippen molar-refractivity contribution < 1.29 is 4.74 Å². The number of anilines is 2. The molecule has 0 unspecified atom stereocenters. The maximum atomic E-state index is 5.88. The molecule has 0 amide bonds. The summed E-state index contributed by atoms with van der Waals surface area (Å²) in [5.41, 5.74) is 12.9. The van der Waals surface area contributed by atoms with Gasteiger partial charge in [-0.15, -0.1) is 0 Å². The Morgan fingerprint density at radius 3 is 2.08 bits per heavy atom. The first-order valence-corrected chi connectivity index (χ1v) is 10.00. The second kappa shape index (κ2) is 9.74. The summed E-state index contributed by atoms with van der Waals surface area (Å²) in [7, 11) is 0. The molecule has 4 nitrogen and oxygen atoms in total. The summed E-state index contributed by atoms with van der Waals surface area (Å²) in [6, 6.07) is 15.0. The maximum absolute atomic E-state index is 5.88. The first-order chi connectivity index (χ1) is 12.4. The van der Waals surface area contributed by atoms with E-state index in [1.807, 2.05) is 30.3 Å². The zero-order valence-electron chi connectivity index (χ0n) is 16.2. The summed E-state index contributed by atoms with van der Waals surface area (Å²) in [6.07, 6.45) is 1.03. The molecule has 26 heavy (non-hydrogen) atoms. The standard InChI is InChI=1S/C21H31N3OS/c1-15(2)24(16(3)4)12-5-13-25-17-6-8-18(9-7-17)26-19-10-11-20(22)21(23)14-19/h6-11,14-16H,5,12-13,22-23H2,1-4H3. The molecule has 2 aromatic rings. The van der Waals surface area contributed by atoms with E-state index in [4.69, 9.17) is 16.2 Å². The van der Waals surface area contributed by atoms with Crippen LogP contribution in [0.25, 0.3) is 0 Å². The Labute approximate surface area is 161 Å². The average molecular weight is 374 g/mol. The lowest BCUT2D eigenvalue weighted by molar-refractivity contribution is 0.160. The minimum Gasteiger partial charge on any atom is -0.494 e. The Hall–Kier alpha value is -1.85. The van der Waals surface area contributed by atoms with Crippen LogP contribution in [0.4, 0.5) is 11.4 Å². The van der Waals surface area contributed by atoms with Gasteiger partial charge in [0, 0.05) is 28.4 Å². The van der Waals surface area contributed by atoms with E-state index in [1.54, 1.807) is 11.8 Å². The first kappa shape index (κ1) is 20.5. The van der Waals surface area contributed by atoms with Crippen LogP contribution in [0.3, 0.4) is 0 Å². The highest BCUT2D eigenvalue weighted by Crippen LogP contribution is 2.31. The van der Waals surface area contributed by atoms with Gasteiger partial charge in [0.2, 0.25) is 0 Å². The van der Waals surface area contributed by atoms with Crippen molar-refractivity contribution >= 4 is 23.1 Å². The third-order valence-corrected chi connectivity index (χ3v) is 5.27. The topological polar surface area (TPSA) is 64.5 Å². The normalized spacial score (nSPS) is 11.5. The molecular weight excluding hydrogens is 342 g/mol. The predicted octanol–water partition coefficient (Wildman–Crippen LogP) is 4.89. The van der Waals surface area contributed by atoms with Crippen LogP contribution >= 0.6 is 11.8 Å². The number of benzene rings is 2. The average Bonchev–Trinajstić information content (AvgIpc) is 2.59. The SMILES string of the molecule is CC(C)N(CCCOc1ccc(Sc2ccc(N)c(N)c2)cc1)C(C)C. The van der Waals surface area contributed by atoms with Gasteiger partial charge in [-0.05, 0) is 76.6 Å². The summed E-state index contributed by atoms with van der Waals surface area (Å²) in [5, 5.41) is 0. The number of rotatable bonds is 9. The van der Waals surface area contributed by atoms with Crippen LogP contribution in [0.2, 0.25) is 0 Å². The molecule has 0 aromatic heterocycles. The second-order valence-corrected chi connectivity index (χ2v) is 8.14. The summed E-state index contributed by atoms with van der Waals surface area (Å²) in [4.78, 5) is 4.71. The van der Waals surface area contributed by atoms with E-state index in [0.717, 1.165) is 35.1 Å². The van der Waals surface area contributed by atoms with Gasteiger partial charge in [-0.25, -0.2) is 0 Å². The molecule has 0 saturated carbocycles. The lowest BCUT2D eigenvalue weighted by atomic mass is 10.2. The molecule has 0 aliphatic heterocycles. The van der Waals surface area contributed by atoms with E-state index in [2.05, 4.69) is 44.7 Å². The Kier molecular flexibility index (Phi) is 7.66. The van der Waals surface area contributed by atoms with Crippen LogP contribution in [-0.2, 0) is 0 Å². The summed E-state index contributed by atoms with van der Waals surface area (Å²) in [5.74, 6) is 0.909. The summed E-state index contributed by atoms with van der Waals surface area (Å²) >= 11 is 1.66. The molecule has 2 aromatic carbocycles. The van der Waals surface area contributed by atoms with Crippen molar-refractivity contribution in [2.24, 2.45) is 0 Å². The van der Waals surface area contributed by atoms with Crippen molar-refractivity contribution in [2.45, 2.75) is 56.0 Å². The maximum Gasteiger partial charge on any atom is 0.119 e. The molecule has 0 fully saturated rings. The van der Waals surface area contributed by atoms with Gasteiger partial charge in [-0.3, -0.25) is 4.90 Å². The fraction of sp³-hybridized carbons (Fsp3) is 0.429. The quantitative estimate of drug-likeness (QED) is 0.484. The van der Waals surface area contributed by atoms with E-state index in [-0.39, 0.29) is 0 Å². The van der Waals surface area contributed by atoms with Crippen LogP contribution in [-0.4, -0.2) is 30.1 Å². The van der Waals surface area contributed by atoms with Gasteiger partial charge in [0.25, 0.3) is 0 Å². The van der Waals surface area contributed by atoms with Crippen molar-refractivity contribution in [3.63, 3.8) is 0 Å². The molecule has 0 radical (unpaired) electrons. The van der Waals surface area contributed by atoms with Crippen molar-refractivity contribution in [2.75, 3.05) is 24.6 Å². The van der Waals surface area contributed by atoms with Gasteiger partial charge >= 0.3 is 0 Å². The zero-order valence-corrected chi connectivity index (χ0v) is 17.1. The molecular formula is C21H31N3OS. The highest BCUT2D eigenvalue weighted by Gasteiger charge is 2.12. The molecule has 0 atom stereocenters. The van der Waals surface area contributed by atoms with Crippen molar-refractivity contribution in [3.8, 4) is 5.75 Å². The molecule has 0 spiro atoms. The van der Waals surface area contributed by atoms with Gasteiger partial charge in [0.05, 0.1) is 18.0 Å². The molecule has 4 N–H and O–H groups in total. The number of hydrogen-bond acceptors (Lipinski definition) is 5. The lowest BCUT2D eigenvalue weighted by Crippen LogP contribution is -2.38. The number of nitrogens with two attached hydrogens (primary N) is 2. The third-order valence-electron chi connectivity index (χ3n) is 4.27. The number of hydrogen-bond donors (Lipinski definition) is 2. The van der Waals surface area contributed by atoms with Crippen molar-refractivity contribution in [3.05, 3.63) is 42.5 Å². The van der Waals surface area contributed by atoms with Gasteiger partial charge < -0.3 is 16.2 Å². The fourth-order valence-corrected chi connectivity index (χ4v) is 3.77. The highest BCUT2D eigenvalue weighted by atomic mass is 32.2.